The Hall–Kier alpha value is -5.06. The van der Waals surface area contributed by atoms with E-state index in [1.165, 1.54) is 19.5 Å². The topological polar surface area (TPSA) is 214 Å². The van der Waals surface area contributed by atoms with Gasteiger partial charge in [-0.05, 0) is 48.0 Å². The molecule has 0 aliphatic heterocycles. The van der Waals surface area contributed by atoms with Gasteiger partial charge in [-0.1, -0.05) is 12.1 Å². The number of ether oxygens (including phenoxy) is 3. The highest BCUT2D eigenvalue weighted by Gasteiger charge is 2.27. The number of para-hydroxylation sites is 2. The second-order valence-corrected chi connectivity index (χ2v) is 9.91. The Balaban J connectivity index is 1.80. The van der Waals surface area contributed by atoms with Gasteiger partial charge in [0.05, 0.1) is 13.7 Å². The molecule has 0 bridgehead atoms. The molecule has 0 amide bonds. The zero-order valence-corrected chi connectivity index (χ0v) is 22.5. The molecule has 0 saturated carbocycles. The number of hydrogen-bond donors (Lipinski definition) is 3. The van der Waals surface area contributed by atoms with Crippen LogP contribution in [0, 0.1) is 6.92 Å². The number of nitrogens with two attached hydrogens (primary N) is 1. The molecule has 16 heteroatoms. The maximum absolute atomic E-state index is 12.6. The van der Waals surface area contributed by atoms with Gasteiger partial charge in [-0.2, -0.15) is 10.2 Å². The molecule has 0 aliphatic carbocycles. The van der Waals surface area contributed by atoms with Crippen LogP contribution in [0.25, 0.3) is 34.2 Å². The third-order valence-corrected chi connectivity index (χ3v) is 6.42. The first-order valence-electron chi connectivity index (χ1n) is 11.9. The molecular weight excluding hydrogens is 554 g/mol. The average molecular weight is 578 g/mol. The highest BCUT2D eigenvalue weighted by molar-refractivity contribution is 7.89. The van der Waals surface area contributed by atoms with Crippen molar-refractivity contribution in [3.63, 3.8) is 0 Å². The fourth-order valence-electron chi connectivity index (χ4n) is 3.80. The SMILES string of the molecule is COc1ccccc1Oc1c(OCCO)nc(-c2ccnc(-c3nn[nH]n3)c2)nc1-c1cc(C)cnc1S(N)(=O)=O. The quantitative estimate of drug-likeness (QED) is 0.216. The number of aromatic nitrogens is 8. The van der Waals surface area contributed by atoms with E-state index >= 15 is 0 Å². The lowest BCUT2D eigenvalue weighted by Crippen LogP contribution is -2.16. The number of primary sulfonamides is 1. The zero-order valence-electron chi connectivity index (χ0n) is 21.7. The van der Waals surface area contributed by atoms with Gasteiger partial charge in [-0.25, -0.2) is 23.5 Å². The summed E-state index contributed by atoms with van der Waals surface area (Å²) < 4.78 is 42.7. The van der Waals surface area contributed by atoms with Gasteiger partial charge in [0, 0.05) is 23.5 Å². The molecule has 1 aromatic carbocycles. The average Bonchev–Trinajstić information content (AvgIpc) is 3.51. The number of aliphatic hydroxyl groups is 1. The van der Waals surface area contributed by atoms with Crippen LogP contribution in [0.4, 0.5) is 0 Å². The summed E-state index contributed by atoms with van der Waals surface area (Å²) in [6.07, 6.45) is 2.87. The van der Waals surface area contributed by atoms with E-state index in [1.807, 2.05) is 0 Å². The molecule has 5 aromatic rings. The number of nitrogens with one attached hydrogen (secondary N) is 1. The number of aromatic amines is 1. The van der Waals surface area contributed by atoms with Gasteiger partial charge >= 0.3 is 0 Å². The van der Waals surface area contributed by atoms with Crippen molar-refractivity contribution in [1.82, 2.24) is 40.6 Å². The minimum Gasteiger partial charge on any atom is -0.493 e. The summed E-state index contributed by atoms with van der Waals surface area (Å²) in [6, 6.07) is 11.6. The Morgan fingerprint density at radius 2 is 1.85 bits per heavy atom. The fraction of sp³-hybridized carbons (Fsp3) is 0.160. The van der Waals surface area contributed by atoms with Crippen molar-refractivity contribution in [2.24, 2.45) is 5.14 Å². The Bertz CT molecular complexity index is 1800. The molecule has 4 aromatic heterocycles. The molecule has 210 valence electrons. The number of rotatable bonds is 10. The lowest BCUT2D eigenvalue weighted by atomic mass is 10.1. The van der Waals surface area contributed by atoms with E-state index in [0.717, 1.165) is 0 Å². The number of benzene rings is 1. The molecule has 0 saturated heterocycles. The van der Waals surface area contributed by atoms with E-state index in [9.17, 15) is 13.5 Å². The predicted octanol–water partition coefficient (Wildman–Crippen LogP) is 1.91. The highest BCUT2D eigenvalue weighted by atomic mass is 32.2. The first-order chi connectivity index (χ1) is 19.8. The minimum atomic E-state index is -4.31. The number of nitrogens with zero attached hydrogens (tertiary/aromatic N) is 7. The Labute approximate surface area is 233 Å². The Morgan fingerprint density at radius 1 is 1.05 bits per heavy atom. The molecule has 4 N–H and O–H groups in total. The summed E-state index contributed by atoms with van der Waals surface area (Å²) in [5.74, 6) is 0.834. The van der Waals surface area contributed by atoms with Crippen LogP contribution >= 0.6 is 0 Å². The van der Waals surface area contributed by atoms with Gasteiger partial charge in [0.1, 0.15) is 18.0 Å². The van der Waals surface area contributed by atoms with Crippen molar-refractivity contribution >= 4 is 10.0 Å². The van der Waals surface area contributed by atoms with E-state index < -0.39 is 15.0 Å². The van der Waals surface area contributed by atoms with Crippen LogP contribution in [0.2, 0.25) is 0 Å². The maximum atomic E-state index is 12.6. The Morgan fingerprint density at radius 3 is 2.56 bits per heavy atom. The van der Waals surface area contributed by atoms with Crippen LogP contribution in [0.1, 0.15) is 5.56 Å². The number of tetrazole rings is 1. The molecule has 41 heavy (non-hydrogen) atoms. The molecule has 0 fully saturated rings. The molecule has 0 spiro atoms. The normalized spacial score (nSPS) is 11.3. The van der Waals surface area contributed by atoms with Crippen molar-refractivity contribution in [2.45, 2.75) is 11.9 Å². The van der Waals surface area contributed by atoms with E-state index in [2.05, 4.69) is 35.6 Å². The second kappa shape index (κ2) is 11.6. The van der Waals surface area contributed by atoms with Gasteiger partial charge < -0.3 is 19.3 Å². The summed E-state index contributed by atoms with van der Waals surface area (Å²) in [5, 5.41) is 28.5. The van der Waals surface area contributed by atoms with Crippen LogP contribution in [0.15, 0.2) is 59.9 Å². The van der Waals surface area contributed by atoms with E-state index in [4.69, 9.17) is 24.3 Å². The van der Waals surface area contributed by atoms with Crippen molar-refractivity contribution in [3.8, 4) is 57.3 Å². The third-order valence-electron chi connectivity index (χ3n) is 5.55. The summed E-state index contributed by atoms with van der Waals surface area (Å²) >= 11 is 0. The van der Waals surface area contributed by atoms with Gasteiger partial charge in [-0.3, -0.25) is 4.98 Å². The lowest BCUT2D eigenvalue weighted by molar-refractivity contribution is 0.192. The molecule has 0 unspecified atom stereocenters. The zero-order chi connectivity index (χ0) is 29.0. The number of pyridine rings is 2. The van der Waals surface area contributed by atoms with Crippen molar-refractivity contribution in [3.05, 3.63) is 60.4 Å². The van der Waals surface area contributed by atoms with Crippen LogP contribution in [0.3, 0.4) is 0 Å². The van der Waals surface area contributed by atoms with Gasteiger partial charge in [0.25, 0.3) is 15.9 Å². The molecule has 0 atom stereocenters. The molecule has 0 aliphatic rings. The van der Waals surface area contributed by atoms with Crippen molar-refractivity contribution in [2.75, 3.05) is 20.3 Å². The molecule has 4 heterocycles. The standard InChI is InChI=1S/C25H23N9O6S/c1-14-11-16(25(28-13-14)41(26,36)37)20-21(40-19-6-4-3-5-18(19)38-2)24(39-10-9-35)30-22(29-20)15-7-8-27-17(12-15)23-31-33-34-32-23/h3-8,11-13,35H,9-10H2,1-2H3,(H2,26,36,37)(H,31,32,33,34). The van der Waals surface area contributed by atoms with E-state index in [-0.39, 0.29) is 53.5 Å². The lowest BCUT2D eigenvalue weighted by Gasteiger charge is -2.18. The number of aryl methyl sites for hydroxylation is 1. The smallest absolute Gasteiger partial charge is 0.262 e. The summed E-state index contributed by atoms with van der Waals surface area (Å²) in [7, 11) is -2.84. The minimum absolute atomic E-state index is 0.00648. The first kappa shape index (κ1) is 27.5. The fourth-order valence-corrected chi connectivity index (χ4v) is 4.46. The highest BCUT2D eigenvalue weighted by Crippen LogP contribution is 2.44. The van der Waals surface area contributed by atoms with Gasteiger partial charge in [-0.15, -0.1) is 10.2 Å². The molecule has 15 nitrogen and oxygen atoms in total. The monoisotopic (exact) mass is 577 g/mol. The molecule has 0 radical (unpaired) electrons. The summed E-state index contributed by atoms with van der Waals surface area (Å²) in [4.78, 5) is 17.6. The largest absolute Gasteiger partial charge is 0.493 e. The molecular formula is C25H23N9O6S. The summed E-state index contributed by atoms with van der Waals surface area (Å²) in [6.45, 7) is 1.24. The van der Waals surface area contributed by atoms with Gasteiger partial charge in [0.2, 0.25) is 11.6 Å². The van der Waals surface area contributed by atoms with Crippen LogP contribution in [-0.4, -0.2) is 74.4 Å². The van der Waals surface area contributed by atoms with Crippen LogP contribution in [0.5, 0.6) is 23.1 Å². The molecule has 5 rings (SSSR count). The van der Waals surface area contributed by atoms with Gasteiger partial charge in [0.15, 0.2) is 22.3 Å². The summed E-state index contributed by atoms with van der Waals surface area (Å²) in [5.41, 5.74) is 1.50. The number of aliphatic hydroxyl groups excluding tert-OH is 1. The van der Waals surface area contributed by atoms with Crippen molar-refractivity contribution < 1.29 is 27.7 Å². The third kappa shape index (κ3) is 5.93. The number of sulfonamides is 1. The van der Waals surface area contributed by atoms with Crippen molar-refractivity contribution in [1.29, 1.82) is 0 Å². The predicted molar refractivity (Wildman–Crippen MR) is 143 cm³/mol. The number of hydrogen-bond acceptors (Lipinski definition) is 13. The Kier molecular flexibility index (Phi) is 7.77. The number of methoxy groups -OCH3 is 1. The first-order valence-corrected chi connectivity index (χ1v) is 13.5. The van der Waals surface area contributed by atoms with Crippen LogP contribution < -0.4 is 19.3 Å². The maximum Gasteiger partial charge on any atom is 0.262 e. The van der Waals surface area contributed by atoms with E-state index in [1.54, 1.807) is 49.4 Å². The second-order valence-electron chi connectivity index (χ2n) is 8.43. The van der Waals surface area contributed by atoms with Crippen LogP contribution in [-0.2, 0) is 10.0 Å². The number of H-pyrrole nitrogens is 1. The van der Waals surface area contributed by atoms with E-state index in [0.29, 0.717) is 22.6 Å².